The monoisotopic (exact) mass is 791 g/mol. The number of hydrogen-bond acceptors (Lipinski definition) is 4. The summed E-state index contributed by atoms with van der Waals surface area (Å²) < 4.78 is 6.98. The zero-order valence-electron chi connectivity index (χ0n) is 33.6. The first-order valence-corrected chi connectivity index (χ1v) is 21.0. The number of aromatic nitrogens is 3. The molecule has 9 aromatic carbocycles. The van der Waals surface area contributed by atoms with Gasteiger partial charge in [-0.2, -0.15) is 0 Å². The van der Waals surface area contributed by atoms with Gasteiger partial charge in [-0.05, 0) is 62.2 Å². The Labute approximate surface area is 359 Å². The Kier molecular flexibility index (Phi) is 8.36. The van der Waals surface area contributed by atoms with Crippen molar-refractivity contribution in [1.29, 1.82) is 0 Å². The largest absolute Gasteiger partial charge is 0.455 e. The molecule has 0 saturated heterocycles. The molecule has 0 amide bonds. The van der Waals surface area contributed by atoms with E-state index in [1.807, 2.05) is 36.4 Å². The van der Waals surface area contributed by atoms with Crippen LogP contribution in [0.4, 0.5) is 0 Å². The third-order valence-electron chi connectivity index (χ3n) is 12.4. The Morgan fingerprint density at radius 3 is 1.35 bits per heavy atom. The van der Waals surface area contributed by atoms with E-state index in [1.54, 1.807) is 0 Å². The predicted molar refractivity (Wildman–Crippen MR) is 252 cm³/mol. The second-order valence-corrected chi connectivity index (χ2v) is 15.9. The first-order valence-electron chi connectivity index (χ1n) is 21.0. The molecule has 0 fully saturated rings. The number of rotatable bonds is 7. The van der Waals surface area contributed by atoms with Crippen molar-refractivity contribution < 1.29 is 4.42 Å². The summed E-state index contributed by atoms with van der Waals surface area (Å²) in [6.45, 7) is 0. The predicted octanol–water partition coefficient (Wildman–Crippen LogP) is 14.5. The molecule has 0 radical (unpaired) electrons. The van der Waals surface area contributed by atoms with Gasteiger partial charge in [0.05, 0.1) is 5.41 Å². The highest BCUT2D eigenvalue weighted by molar-refractivity contribution is 6.12. The van der Waals surface area contributed by atoms with Crippen LogP contribution in [0.3, 0.4) is 0 Å². The molecule has 290 valence electrons. The van der Waals surface area contributed by atoms with Crippen LogP contribution in [0, 0.1) is 0 Å². The van der Waals surface area contributed by atoms with E-state index in [1.165, 1.54) is 38.9 Å². The second-order valence-electron chi connectivity index (χ2n) is 15.9. The van der Waals surface area contributed by atoms with Crippen LogP contribution in [0.5, 0.6) is 0 Å². The average Bonchev–Trinajstić information content (AvgIpc) is 3.87. The Morgan fingerprint density at radius 2 is 0.758 bits per heavy atom. The molecule has 2 aromatic heterocycles. The molecule has 62 heavy (non-hydrogen) atoms. The molecular formula is C58H37N3O. The lowest BCUT2D eigenvalue weighted by Crippen LogP contribution is -2.28. The lowest BCUT2D eigenvalue weighted by Gasteiger charge is -2.33. The topological polar surface area (TPSA) is 51.8 Å². The molecule has 0 unspecified atom stereocenters. The van der Waals surface area contributed by atoms with Crippen LogP contribution in [0.1, 0.15) is 22.3 Å². The molecule has 12 rings (SSSR count). The van der Waals surface area contributed by atoms with E-state index in [4.69, 9.17) is 19.4 Å². The Bertz CT molecular complexity index is 3380. The fourth-order valence-electron chi connectivity index (χ4n) is 9.55. The van der Waals surface area contributed by atoms with Crippen molar-refractivity contribution in [2.24, 2.45) is 0 Å². The van der Waals surface area contributed by atoms with E-state index >= 15 is 0 Å². The van der Waals surface area contributed by atoms with Crippen molar-refractivity contribution >= 4 is 21.9 Å². The standard InChI is InChI=1S/C58H37N3O/c1-5-16-38(17-6-1)39-28-32-42(33-29-39)56-59-55(41-18-7-2-8-19-41)60-57(61-56)43-34-30-40(31-35-43)46-25-15-26-48-50-36-49-47-24-13-14-27-51(47)58(44-20-9-3-10-21-44,45-22-11-4-12-23-45)52(49)37-53(50)62-54(46)48/h1-37H. The first-order chi connectivity index (χ1) is 30.7. The minimum Gasteiger partial charge on any atom is -0.455 e. The van der Waals surface area contributed by atoms with E-state index in [0.29, 0.717) is 17.5 Å². The first kappa shape index (κ1) is 35.7. The van der Waals surface area contributed by atoms with Gasteiger partial charge in [0.25, 0.3) is 0 Å². The fraction of sp³-hybridized carbons (Fsp3) is 0.0172. The van der Waals surface area contributed by atoms with Crippen molar-refractivity contribution in [3.8, 4) is 67.5 Å². The van der Waals surface area contributed by atoms with Crippen LogP contribution in [0.25, 0.3) is 89.5 Å². The number of fused-ring (bicyclic) bond motifs is 6. The summed E-state index contributed by atoms with van der Waals surface area (Å²) in [5.74, 6) is 1.87. The summed E-state index contributed by atoms with van der Waals surface area (Å²) in [4.78, 5) is 15.0. The second kappa shape index (κ2) is 14.5. The van der Waals surface area contributed by atoms with Crippen molar-refractivity contribution in [2.45, 2.75) is 5.41 Å². The van der Waals surface area contributed by atoms with Gasteiger partial charge in [-0.3, -0.25) is 0 Å². The maximum Gasteiger partial charge on any atom is 0.164 e. The van der Waals surface area contributed by atoms with Gasteiger partial charge in [0.1, 0.15) is 11.2 Å². The fourth-order valence-corrected chi connectivity index (χ4v) is 9.55. The van der Waals surface area contributed by atoms with Crippen molar-refractivity contribution in [2.75, 3.05) is 0 Å². The van der Waals surface area contributed by atoms with Crippen molar-refractivity contribution in [3.63, 3.8) is 0 Å². The van der Waals surface area contributed by atoms with Crippen LogP contribution in [-0.4, -0.2) is 15.0 Å². The van der Waals surface area contributed by atoms with E-state index in [9.17, 15) is 0 Å². The molecule has 0 bridgehead atoms. The molecule has 4 nitrogen and oxygen atoms in total. The molecule has 1 aliphatic carbocycles. The van der Waals surface area contributed by atoms with Gasteiger partial charge in [0.2, 0.25) is 0 Å². The molecule has 0 atom stereocenters. The third kappa shape index (κ3) is 5.72. The summed E-state index contributed by atoms with van der Waals surface area (Å²) in [7, 11) is 0. The maximum atomic E-state index is 6.98. The third-order valence-corrected chi connectivity index (χ3v) is 12.4. The van der Waals surface area contributed by atoms with Crippen LogP contribution in [0.2, 0.25) is 0 Å². The Hall–Kier alpha value is -8.21. The molecular weight excluding hydrogens is 755 g/mol. The van der Waals surface area contributed by atoms with Crippen LogP contribution >= 0.6 is 0 Å². The van der Waals surface area contributed by atoms with E-state index < -0.39 is 5.41 Å². The van der Waals surface area contributed by atoms with Gasteiger partial charge in [0.15, 0.2) is 17.5 Å². The molecule has 2 heterocycles. The quantitative estimate of drug-likeness (QED) is 0.161. The molecule has 1 aliphatic rings. The van der Waals surface area contributed by atoms with Crippen LogP contribution < -0.4 is 0 Å². The van der Waals surface area contributed by atoms with Crippen molar-refractivity contribution in [3.05, 3.63) is 247 Å². The van der Waals surface area contributed by atoms with Gasteiger partial charge in [-0.25, -0.2) is 15.0 Å². The number of furan rings is 1. The molecule has 0 spiro atoms. The SMILES string of the molecule is c1ccc(-c2ccc(-c3nc(-c4ccccc4)nc(-c4ccc(-c5cccc6c5oc5cc7c(cc56)-c5ccccc5C7(c5ccccc5)c5ccccc5)cc4)n3)cc2)cc1. The normalized spacial score (nSPS) is 12.6. The Morgan fingerprint density at radius 1 is 0.306 bits per heavy atom. The summed E-state index contributed by atoms with van der Waals surface area (Å²) in [6, 6.07) is 79.2. The molecule has 0 N–H and O–H groups in total. The minimum atomic E-state index is -0.499. The lowest BCUT2D eigenvalue weighted by molar-refractivity contribution is 0.667. The lowest BCUT2D eigenvalue weighted by atomic mass is 9.67. The molecule has 4 heteroatoms. The maximum absolute atomic E-state index is 6.98. The molecule has 11 aromatic rings. The summed E-state index contributed by atoms with van der Waals surface area (Å²) in [6.07, 6.45) is 0. The van der Waals surface area contributed by atoms with E-state index in [-0.39, 0.29) is 0 Å². The van der Waals surface area contributed by atoms with E-state index in [2.05, 4.69) is 188 Å². The Balaban J connectivity index is 0.961. The number of nitrogens with zero attached hydrogens (tertiary/aromatic N) is 3. The number of hydrogen-bond donors (Lipinski definition) is 0. The zero-order chi connectivity index (χ0) is 41.0. The number of benzene rings is 9. The summed E-state index contributed by atoms with van der Waals surface area (Å²) in [5, 5.41) is 2.19. The average molecular weight is 792 g/mol. The van der Waals surface area contributed by atoms with Crippen molar-refractivity contribution in [1.82, 2.24) is 15.0 Å². The van der Waals surface area contributed by atoms with Gasteiger partial charge < -0.3 is 4.42 Å². The van der Waals surface area contributed by atoms with Gasteiger partial charge in [0, 0.05) is 33.0 Å². The molecule has 0 aliphatic heterocycles. The highest BCUT2D eigenvalue weighted by atomic mass is 16.3. The highest BCUT2D eigenvalue weighted by Gasteiger charge is 2.46. The van der Waals surface area contributed by atoms with Gasteiger partial charge >= 0.3 is 0 Å². The van der Waals surface area contributed by atoms with E-state index in [0.717, 1.165) is 55.3 Å². The van der Waals surface area contributed by atoms with Gasteiger partial charge in [-0.1, -0.05) is 212 Å². The van der Waals surface area contributed by atoms with Crippen LogP contribution in [-0.2, 0) is 5.41 Å². The summed E-state index contributed by atoms with van der Waals surface area (Å²) >= 11 is 0. The zero-order valence-corrected chi connectivity index (χ0v) is 33.6. The number of para-hydroxylation sites is 1. The van der Waals surface area contributed by atoms with Gasteiger partial charge in [-0.15, -0.1) is 0 Å². The summed E-state index contributed by atoms with van der Waals surface area (Å²) in [5.41, 5.74) is 15.9. The molecule has 0 saturated carbocycles. The highest BCUT2D eigenvalue weighted by Crippen LogP contribution is 2.57. The minimum absolute atomic E-state index is 0.499. The smallest absolute Gasteiger partial charge is 0.164 e. The van der Waals surface area contributed by atoms with Crippen LogP contribution in [0.15, 0.2) is 229 Å².